The second-order valence-corrected chi connectivity index (χ2v) is 6.24. The lowest BCUT2D eigenvalue weighted by molar-refractivity contribution is 0.149. The van der Waals surface area contributed by atoms with Crippen LogP contribution in [0.15, 0.2) is 16.8 Å². The minimum Gasteiger partial charge on any atom is -0.330 e. The number of hydrogen-bond donors (Lipinski definition) is 1. The van der Waals surface area contributed by atoms with Crippen LogP contribution >= 0.6 is 11.3 Å². The van der Waals surface area contributed by atoms with E-state index in [1.54, 1.807) is 0 Å². The molecule has 2 aliphatic rings. The van der Waals surface area contributed by atoms with Crippen LogP contribution in [0, 0.1) is 5.92 Å². The Morgan fingerprint density at radius 2 is 2.18 bits per heavy atom. The molecular weight excluding hydrogens is 228 g/mol. The highest BCUT2D eigenvalue weighted by molar-refractivity contribution is 7.07. The van der Waals surface area contributed by atoms with Gasteiger partial charge in [0.15, 0.2) is 0 Å². The first-order valence-electron chi connectivity index (χ1n) is 6.88. The van der Waals surface area contributed by atoms with Crippen molar-refractivity contribution < 1.29 is 0 Å². The molecule has 1 aliphatic heterocycles. The van der Waals surface area contributed by atoms with Gasteiger partial charge in [0.1, 0.15) is 0 Å². The van der Waals surface area contributed by atoms with Crippen molar-refractivity contribution in [1.82, 2.24) is 4.90 Å². The molecule has 2 atom stereocenters. The van der Waals surface area contributed by atoms with Crippen molar-refractivity contribution in [2.75, 3.05) is 13.1 Å². The van der Waals surface area contributed by atoms with E-state index in [9.17, 15) is 0 Å². The average molecular weight is 250 g/mol. The van der Waals surface area contributed by atoms with Crippen molar-refractivity contribution >= 4 is 11.3 Å². The first-order chi connectivity index (χ1) is 8.40. The summed E-state index contributed by atoms with van der Waals surface area (Å²) in [6.45, 7) is 2.12. The third-order valence-electron chi connectivity index (χ3n) is 4.25. The van der Waals surface area contributed by atoms with Crippen LogP contribution in [0.4, 0.5) is 0 Å². The molecule has 0 spiro atoms. The van der Waals surface area contributed by atoms with Crippen molar-refractivity contribution in [1.29, 1.82) is 0 Å². The molecule has 94 valence electrons. The maximum atomic E-state index is 6.03. The van der Waals surface area contributed by atoms with Gasteiger partial charge < -0.3 is 5.73 Å². The summed E-state index contributed by atoms with van der Waals surface area (Å²) in [4.78, 5) is 2.76. The fraction of sp³-hybridized carbons (Fsp3) is 0.714. The van der Waals surface area contributed by atoms with Gasteiger partial charge in [-0.05, 0) is 67.1 Å². The van der Waals surface area contributed by atoms with Gasteiger partial charge in [-0.15, -0.1) is 0 Å². The standard InChI is InChI=1S/C14H22N2S/c15-9-11-3-1-2-7-16(13-4-5-13)14(11)12-6-8-17-10-12/h6,8,10-11,13-14H,1-5,7,9,15H2. The number of hydrogen-bond acceptors (Lipinski definition) is 3. The zero-order chi connectivity index (χ0) is 11.7. The van der Waals surface area contributed by atoms with Crippen molar-refractivity contribution in [2.24, 2.45) is 11.7 Å². The Bertz CT molecular complexity index is 345. The van der Waals surface area contributed by atoms with Crippen molar-refractivity contribution in [3.63, 3.8) is 0 Å². The zero-order valence-corrected chi connectivity index (χ0v) is 11.2. The Hall–Kier alpha value is -0.380. The van der Waals surface area contributed by atoms with E-state index in [2.05, 4.69) is 21.7 Å². The van der Waals surface area contributed by atoms with E-state index >= 15 is 0 Å². The molecule has 1 saturated carbocycles. The van der Waals surface area contributed by atoms with E-state index < -0.39 is 0 Å². The fourth-order valence-electron chi connectivity index (χ4n) is 3.24. The minimum absolute atomic E-state index is 0.598. The number of thiophene rings is 1. The molecule has 0 bridgehead atoms. The summed E-state index contributed by atoms with van der Waals surface area (Å²) in [5.74, 6) is 0.660. The Morgan fingerprint density at radius 3 is 2.82 bits per heavy atom. The summed E-state index contributed by atoms with van der Waals surface area (Å²) in [5, 5.41) is 4.53. The molecule has 17 heavy (non-hydrogen) atoms. The molecule has 0 amide bonds. The summed E-state index contributed by atoms with van der Waals surface area (Å²) in [6.07, 6.45) is 6.81. The van der Waals surface area contributed by atoms with Gasteiger partial charge in [-0.2, -0.15) is 11.3 Å². The zero-order valence-electron chi connectivity index (χ0n) is 10.3. The maximum Gasteiger partial charge on any atom is 0.0399 e. The Labute approximate surface area is 108 Å². The summed E-state index contributed by atoms with van der Waals surface area (Å²) in [5.41, 5.74) is 7.54. The number of rotatable bonds is 3. The molecule has 1 aliphatic carbocycles. The molecular formula is C14H22N2S. The van der Waals surface area contributed by atoms with Gasteiger partial charge in [0, 0.05) is 12.1 Å². The van der Waals surface area contributed by atoms with E-state index in [4.69, 9.17) is 5.73 Å². The SMILES string of the molecule is NCC1CCCCN(C2CC2)C1c1ccsc1. The fourth-order valence-corrected chi connectivity index (χ4v) is 3.93. The molecule has 0 aromatic carbocycles. The van der Waals surface area contributed by atoms with Gasteiger partial charge in [0.2, 0.25) is 0 Å². The summed E-state index contributed by atoms with van der Waals surface area (Å²) in [7, 11) is 0. The highest BCUT2D eigenvalue weighted by Crippen LogP contribution is 2.42. The van der Waals surface area contributed by atoms with Gasteiger partial charge in [-0.1, -0.05) is 6.42 Å². The van der Waals surface area contributed by atoms with Crippen LogP contribution in [0.25, 0.3) is 0 Å². The molecule has 3 rings (SSSR count). The van der Waals surface area contributed by atoms with Gasteiger partial charge in [0.05, 0.1) is 0 Å². The van der Waals surface area contributed by atoms with E-state index in [1.165, 1.54) is 44.2 Å². The molecule has 2 heterocycles. The van der Waals surface area contributed by atoms with Crippen LogP contribution in [-0.4, -0.2) is 24.0 Å². The molecule has 2 unspecified atom stereocenters. The van der Waals surface area contributed by atoms with Crippen LogP contribution in [-0.2, 0) is 0 Å². The number of nitrogens with two attached hydrogens (primary N) is 1. The average Bonchev–Trinajstić information content (AvgIpc) is 3.09. The largest absolute Gasteiger partial charge is 0.330 e. The van der Waals surface area contributed by atoms with Crippen LogP contribution in [0.5, 0.6) is 0 Å². The molecule has 1 aromatic rings. The first kappa shape index (κ1) is 11.7. The van der Waals surface area contributed by atoms with Crippen LogP contribution < -0.4 is 5.73 Å². The van der Waals surface area contributed by atoms with Crippen LogP contribution in [0.2, 0.25) is 0 Å². The normalized spacial score (nSPS) is 31.4. The lowest BCUT2D eigenvalue weighted by Gasteiger charge is -2.34. The quantitative estimate of drug-likeness (QED) is 0.893. The second-order valence-electron chi connectivity index (χ2n) is 5.46. The Morgan fingerprint density at radius 1 is 1.29 bits per heavy atom. The number of nitrogens with zero attached hydrogens (tertiary/aromatic N) is 1. The van der Waals surface area contributed by atoms with Crippen molar-refractivity contribution in [3.05, 3.63) is 22.4 Å². The molecule has 0 radical (unpaired) electrons. The monoisotopic (exact) mass is 250 g/mol. The summed E-state index contributed by atoms with van der Waals surface area (Å²) < 4.78 is 0. The summed E-state index contributed by atoms with van der Waals surface area (Å²) in [6, 6.07) is 3.76. The molecule has 2 fully saturated rings. The predicted octanol–water partition coefficient (Wildman–Crippen LogP) is 3.01. The second kappa shape index (κ2) is 5.09. The highest BCUT2D eigenvalue weighted by Gasteiger charge is 2.38. The highest BCUT2D eigenvalue weighted by atomic mass is 32.1. The van der Waals surface area contributed by atoms with Gasteiger partial charge in [-0.25, -0.2) is 0 Å². The lowest BCUT2D eigenvalue weighted by Crippen LogP contribution is -2.36. The van der Waals surface area contributed by atoms with E-state index in [0.717, 1.165) is 12.6 Å². The van der Waals surface area contributed by atoms with E-state index in [1.807, 2.05) is 11.3 Å². The van der Waals surface area contributed by atoms with E-state index in [-0.39, 0.29) is 0 Å². The minimum atomic E-state index is 0.598. The van der Waals surface area contributed by atoms with Crippen molar-refractivity contribution in [2.45, 2.75) is 44.2 Å². The molecule has 2 N–H and O–H groups in total. The van der Waals surface area contributed by atoms with Gasteiger partial charge in [0.25, 0.3) is 0 Å². The molecule has 2 nitrogen and oxygen atoms in total. The predicted molar refractivity (Wildman–Crippen MR) is 73.2 cm³/mol. The van der Waals surface area contributed by atoms with Gasteiger partial charge >= 0.3 is 0 Å². The first-order valence-corrected chi connectivity index (χ1v) is 7.82. The van der Waals surface area contributed by atoms with E-state index in [0.29, 0.717) is 12.0 Å². The third-order valence-corrected chi connectivity index (χ3v) is 4.95. The number of likely N-dealkylation sites (tertiary alicyclic amines) is 1. The van der Waals surface area contributed by atoms with Crippen LogP contribution in [0.1, 0.15) is 43.7 Å². The molecule has 1 aromatic heterocycles. The Kier molecular flexibility index (Phi) is 3.50. The Balaban J connectivity index is 1.88. The summed E-state index contributed by atoms with van der Waals surface area (Å²) >= 11 is 1.82. The van der Waals surface area contributed by atoms with Gasteiger partial charge in [-0.3, -0.25) is 4.90 Å². The smallest absolute Gasteiger partial charge is 0.0399 e. The molecule has 1 saturated heterocycles. The topological polar surface area (TPSA) is 29.3 Å². The third kappa shape index (κ3) is 2.42. The maximum absolute atomic E-state index is 6.03. The van der Waals surface area contributed by atoms with Crippen molar-refractivity contribution in [3.8, 4) is 0 Å². The lowest BCUT2D eigenvalue weighted by atomic mass is 9.90. The molecule has 3 heteroatoms. The van der Waals surface area contributed by atoms with Crippen LogP contribution in [0.3, 0.4) is 0 Å².